The van der Waals surface area contributed by atoms with E-state index in [1.165, 1.54) is 30.4 Å². The zero-order valence-electron chi connectivity index (χ0n) is 13.1. The van der Waals surface area contributed by atoms with Crippen LogP contribution < -0.4 is 4.90 Å². The Kier molecular flexibility index (Phi) is 4.13. The number of carbonyl (C=O) groups excluding carboxylic acids is 1. The van der Waals surface area contributed by atoms with Gasteiger partial charge < -0.3 is 9.80 Å². The lowest BCUT2D eigenvalue weighted by atomic mass is 9.93. The number of hydrogen-bond donors (Lipinski definition) is 0. The molecule has 0 saturated carbocycles. The maximum Gasteiger partial charge on any atom is 0.219 e. The van der Waals surface area contributed by atoms with Gasteiger partial charge in [-0.05, 0) is 56.2 Å². The zero-order valence-corrected chi connectivity index (χ0v) is 13.1. The van der Waals surface area contributed by atoms with Gasteiger partial charge >= 0.3 is 0 Å². The lowest BCUT2D eigenvalue weighted by Crippen LogP contribution is -2.37. The molecule has 3 rings (SSSR count). The second kappa shape index (κ2) is 6.04. The Bertz CT molecular complexity index is 523. The van der Waals surface area contributed by atoms with Gasteiger partial charge in [0.05, 0.1) is 6.04 Å². The molecule has 4 nitrogen and oxygen atoms in total. The third-order valence-electron chi connectivity index (χ3n) is 4.83. The Morgan fingerprint density at radius 1 is 1.19 bits per heavy atom. The molecule has 1 atom stereocenters. The van der Waals surface area contributed by atoms with E-state index in [1.54, 1.807) is 6.92 Å². The van der Waals surface area contributed by atoms with Gasteiger partial charge in [0.15, 0.2) is 0 Å². The molecular weight excluding hydrogens is 262 g/mol. The molecule has 2 fully saturated rings. The van der Waals surface area contributed by atoms with Crippen molar-refractivity contribution in [1.29, 1.82) is 0 Å². The van der Waals surface area contributed by atoms with E-state index < -0.39 is 0 Å². The van der Waals surface area contributed by atoms with Gasteiger partial charge in [-0.25, -0.2) is 4.98 Å². The monoisotopic (exact) mass is 287 g/mol. The van der Waals surface area contributed by atoms with E-state index in [0.717, 1.165) is 38.3 Å². The average Bonchev–Trinajstić information content (AvgIpc) is 3.01. The fourth-order valence-electron chi connectivity index (χ4n) is 3.65. The SMILES string of the molecule is CC(=O)N1CCCC[C@H]1c1cnc(N2CCCC2)cc1C. The molecule has 0 N–H and O–H groups in total. The van der Waals surface area contributed by atoms with Crippen molar-refractivity contribution in [2.75, 3.05) is 24.5 Å². The number of hydrogen-bond acceptors (Lipinski definition) is 3. The molecule has 0 bridgehead atoms. The fraction of sp³-hybridized carbons (Fsp3) is 0.647. The van der Waals surface area contributed by atoms with Crippen LogP contribution in [0.3, 0.4) is 0 Å². The second-order valence-corrected chi connectivity index (χ2v) is 6.32. The first-order chi connectivity index (χ1) is 10.2. The van der Waals surface area contributed by atoms with Crippen molar-refractivity contribution in [3.8, 4) is 0 Å². The molecule has 3 heterocycles. The summed E-state index contributed by atoms with van der Waals surface area (Å²) >= 11 is 0. The minimum Gasteiger partial charge on any atom is -0.357 e. The van der Waals surface area contributed by atoms with Crippen molar-refractivity contribution >= 4 is 11.7 Å². The highest BCUT2D eigenvalue weighted by Gasteiger charge is 2.27. The van der Waals surface area contributed by atoms with Crippen LogP contribution in [0.5, 0.6) is 0 Å². The summed E-state index contributed by atoms with van der Waals surface area (Å²) in [5, 5.41) is 0. The van der Waals surface area contributed by atoms with E-state index in [4.69, 9.17) is 0 Å². The van der Waals surface area contributed by atoms with Crippen molar-refractivity contribution < 1.29 is 4.79 Å². The van der Waals surface area contributed by atoms with Crippen molar-refractivity contribution in [2.24, 2.45) is 0 Å². The van der Waals surface area contributed by atoms with Gasteiger partial charge in [0.25, 0.3) is 0 Å². The number of amides is 1. The molecule has 0 aromatic carbocycles. The molecule has 1 aromatic heterocycles. The Balaban J connectivity index is 1.85. The molecule has 114 valence electrons. The fourth-order valence-corrected chi connectivity index (χ4v) is 3.65. The number of pyridine rings is 1. The average molecular weight is 287 g/mol. The van der Waals surface area contributed by atoms with Gasteiger partial charge in [0.1, 0.15) is 5.82 Å². The predicted molar refractivity (Wildman–Crippen MR) is 84.4 cm³/mol. The molecule has 21 heavy (non-hydrogen) atoms. The lowest BCUT2D eigenvalue weighted by Gasteiger charge is -2.36. The minimum absolute atomic E-state index is 0.183. The number of piperidine rings is 1. The highest BCUT2D eigenvalue weighted by atomic mass is 16.2. The normalized spacial score (nSPS) is 22.7. The molecular formula is C17H25N3O. The van der Waals surface area contributed by atoms with E-state index >= 15 is 0 Å². The van der Waals surface area contributed by atoms with E-state index in [1.807, 2.05) is 11.1 Å². The van der Waals surface area contributed by atoms with Crippen LogP contribution in [0.15, 0.2) is 12.3 Å². The molecule has 2 aliphatic heterocycles. The molecule has 0 unspecified atom stereocenters. The zero-order chi connectivity index (χ0) is 14.8. The first-order valence-corrected chi connectivity index (χ1v) is 8.15. The third kappa shape index (κ3) is 2.89. The summed E-state index contributed by atoms with van der Waals surface area (Å²) in [6.07, 6.45) is 7.92. The van der Waals surface area contributed by atoms with Gasteiger partial charge in [-0.2, -0.15) is 0 Å². The maximum atomic E-state index is 11.9. The van der Waals surface area contributed by atoms with E-state index in [9.17, 15) is 4.79 Å². The Morgan fingerprint density at radius 3 is 2.57 bits per heavy atom. The molecule has 0 aliphatic carbocycles. The molecule has 2 saturated heterocycles. The Labute approximate surface area is 127 Å². The molecule has 2 aliphatic rings. The van der Waals surface area contributed by atoms with Gasteiger partial charge in [-0.1, -0.05) is 0 Å². The Hall–Kier alpha value is -1.58. The Morgan fingerprint density at radius 2 is 1.90 bits per heavy atom. The number of aromatic nitrogens is 1. The summed E-state index contributed by atoms with van der Waals surface area (Å²) in [6.45, 7) is 6.96. The minimum atomic E-state index is 0.183. The first kappa shape index (κ1) is 14.4. The van der Waals surface area contributed by atoms with Gasteiger partial charge in [0, 0.05) is 32.8 Å². The smallest absolute Gasteiger partial charge is 0.219 e. The van der Waals surface area contributed by atoms with Crippen molar-refractivity contribution in [2.45, 2.75) is 52.0 Å². The summed E-state index contributed by atoms with van der Waals surface area (Å²) in [4.78, 5) is 20.9. The molecule has 0 radical (unpaired) electrons. The third-order valence-corrected chi connectivity index (χ3v) is 4.83. The van der Waals surface area contributed by atoms with Gasteiger partial charge in [0.2, 0.25) is 5.91 Å². The van der Waals surface area contributed by atoms with E-state index in [0.29, 0.717) is 0 Å². The summed E-state index contributed by atoms with van der Waals surface area (Å²) in [5.41, 5.74) is 2.50. The van der Waals surface area contributed by atoms with Crippen molar-refractivity contribution in [3.63, 3.8) is 0 Å². The number of rotatable bonds is 2. The standard InChI is InChI=1S/C17H25N3O/c1-13-11-17(19-8-5-6-9-19)18-12-15(13)16-7-3-4-10-20(16)14(2)21/h11-12,16H,3-10H2,1-2H3/t16-/m0/s1. The van der Waals surface area contributed by atoms with Crippen LogP contribution in [-0.2, 0) is 4.79 Å². The van der Waals surface area contributed by atoms with Crippen LogP contribution >= 0.6 is 0 Å². The highest BCUT2D eigenvalue weighted by Crippen LogP contribution is 2.33. The molecule has 1 amide bonds. The van der Waals surface area contributed by atoms with Crippen molar-refractivity contribution in [3.05, 3.63) is 23.4 Å². The summed E-state index contributed by atoms with van der Waals surface area (Å²) in [5.74, 6) is 1.28. The van der Waals surface area contributed by atoms with Crippen LogP contribution in [0.1, 0.15) is 56.2 Å². The van der Waals surface area contributed by atoms with Crippen molar-refractivity contribution in [1.82, 2.24) is 9.88 Å². The van der Waals surface area contributed by atoms with Gasteiger partial charge in [-0.3, -0.25) is 4.79 Å². The number of carbonyl (C=O) groups is 1. The van der Waals surface area contributed by atoms with Crippen LogP contribution in [-0.4, -0.2) is 35.4 Å². The van der Waals surface area contributed by atoms with Crippen LogP contribution in [0.2, 0.25) is 0 Å². The number of likely N-dealkylation sites (tertiary alicyclic amines) is 1. The lowest BCUT2D eigenvalue weighted by molar-refractivity contribution is -0.132. The number of anilines is 1. The highest BCUT2D eigenvalue weighted by molar-refractivity contribution is 5.74. The summed E-state index contributed by atoms with van der Waals surface area (Å²) in [7, 11) is 0. The molecule has 4 heteroatoms. The topological polar surface area (TPSA) is 36.4 Å². The largest absolute Gasteiger partial charge is 0.357 e. The van der Waals surface area contributed by atoms with Crippen LogP contribution in [0.4, 0.5) is 5.82 Å². The van der Waals surface area contributed by atoms with Crippen LogP contribution in [0, 0.1) is 6.92 Å². The maximum absolute atomic E-state index is 11.9. The van der Waals surface area contributed by atoms with Gasteiger partial charge in [-0.15, -0.1) is 0 Å². The first-order valence-electron chi connectivity index (χ1n) is 8.15. The number of aryl methyl sites for hydroxylation is 1. The second-order valence-electron chi connectivity index (χ2n) is 6.32. The van der Waals surface area contributed by atoms with E-state index in [-0.39, 0.29) is 11.9 Å². The summed E-state index contributed by atoms with van der Waals surface area (Å²) in [6, 6.07) is 2.42. The quantitative estimate of drug-likeness (QED) is 0.839. The van der Waals surface area contributed by atoms with E-state index in [2.05, 4.69) is 22.9 Å². The summed E-state index contributed by atoms with van der Waals surface area (Å²) < 4.78 is 0. The number of nitrogens with zero attached hydrogens (tertiary/aromatic N) is 3. The molecule has 1 aromatic rings. The predicted octanol–water partition coefficient (Wildman–Crippen LogP) is 3.06. The van der Waals surface area contributed by atoms with Crippen LogP contribution in [0.25, 0.3) is 0 Å². The molecule has 0 spiro atoms.